The highest BCUT2D eigenvalue weighted by molar-refractivity contribution is 5.97. The van der Waals surface area contributed by atoms with E-state index in [2.05, 4.69) is 24.1 Å². The van der Waals surface area contributed by atoms with Crippen LogP contribution in [-0.2, 0) is 6.54 Å². The van der Waals surface area contributed by atoms with Crippen LogP contribution >= 0.6 is 0 Å². The maximum Gasteiger partial charge on any atom is 0.263 e. The molecule has 1 N–H and O–H groups in total. The van der Waals surface area contributed by atoms with E-state index in [0.29, 0.717) is 13.1 Å². The summed E-state index contributed by atoms with van der Waals surface area (Å²) in [7, 11) is 0. The number of pyridine rings is 1. The van der Waals surface area contributed by atoms with Gasteiger partial charge < -0.3 is 14.8 Å². The van der Waals surface area contributed by atoms with Gasteiger partial charge in [-0.3, -0.25) is 9.59 Å². The van der Waals surface area contributed by atoms with E-state index in [0.717, 1.165) is 37.0 Å². The molecule has 0 fully saturated rings. The van der Waals surface area contributed by atoms with Gasteiger partial charge in [0.25, 0.3) is 11.5 Å². The molecule has 0 unspecified atom stereocenters. The van der Waals surface area contributed by atoms with Gasteiger partial charge in [0.2, 0.25) is 0 Å². The third-order valence-corrected chi connectivity index (χ3v) is 4.30. The first kappa shape index (κ1) is 18.2. The van der Waals surface area contributed by atoms with E-state index in [1.807, 2.05) is 31.2 Å². The Morgan fingerprint density at radius 2 is 1.88 bits per heavy atom. The number of nitrogens with zero attached hydrogens (tertiary/aromatic N) is 2. The number of carbonyl (C=O) groups is 1. The Hall–Kier alpha value is -2.14. The summed E-state index contributed by atoms with van der Waals surface area (Å²) in [4.78, 5) is 27.4. The quantitative estimate of drug-likeness (QED) is 0.809. The minimum atomic E-state index is -0.289. The molecular weight excluding hydrogens is 302 g/mol. The summed E-state index contributed by atoms with van der Waals surface area (Å²) in [5.41, 5.74) is 0.890. The largest absolute Gasteiger partial charge is 0.351 e. The second-order valence-electron chi connectivity index (χ2n) is 5.86. The Kier molecular flexibility index (Phi) is 6.55. The van der Waals surface area contributed by atoms with E-state index in [9.17, 15) is 9.59 Å². The van der Waals surface area contributed by atoms with Crippen LogP contribution in [-0.4, -0.2) is 41.6 Å². The number of nitrogens with one attached hydrogen (secondary N) is 1. The van der Waals surface area contributed by atoms with Gasteiger partial charge in [0, 0.05) is 19.6 Å². The van der Waals surface area contributed by atoms with Gasteiger partial charge >= 0.3 is 0 Å². The normalized spacial score (nSPS) is 11.2. The van der Waals surface area contributed by atoms with Crippen molar-refractivity contribution < 1.29 is 4.79 Å². The molecule has 24 heavy (non-hydrogen) atoms. The van der Waals surface area contributed by atoms with Crippen LogP contribution in [0.15, 0.2) is 35.1 Å². The van der Waals surface area contributed by atoms with Crippen molar-refractivity contribution in [3.8, 4) is 0 Å². The van der Waals surface area contributed by atoms with Crippen molar-refractivity contribution >= 4 is 16.8 Å². The molecule has 5 nitrogen and oxygen atoms in total. The fraction of sp³-hybridized carbons (Fsp3) is 0.474. The van der Waals surface area contributed by atoms with Gasteiger partial charge in [-0.1, -0.05) is 39.0 Å². The number of benzene rings is 1. The van der Waals surface area contributed by atoms with Gasteiger partial charge in [0.15, 0.2) is 0 Å². The third-order valence-electron chi connectivity index (χ3n) is 4.30. The van der Waals surface area contributed by atoms with Gasteiger partial charge in [0.1, 0.15) is 5.56 Å². The molecule has 5 heteroatoms. The van der Waals surface area contributed by atoms with Crippen molar-refractivity contribution in [2.45, 2.75) is 33.7 Å². The molecule has 0 aliphatic carbocycles. The van der Waals surface area contributed by atoms with Crippen LogP contribution in [0.2, 0.25) is 0 Å². The van der Waals surface area contributed by atoms with Crippen molar-refractivity contribution in [1.82, 2.24) is 14.8 Å². The first-order chi connectivity index (χ1) is 11.6. The van der Waals surface area contributed by atoms with Crippen molar-refractivity contribution in [3.63, 3.8) is 0 Å². The molecule has 1 heterocycles. The Bertz CT molecular complexity index is 748. The molecule has 0 spiro atoms. The first-order valence-electron chi connectivity index (χ1n) is 8.75. The molecule has 0 saturated carbocycles. The molecule has 1 aromatic carbocycles. The predicted octanol–water partition coefficient (Wildman–Crippen LogP) is 2.48. The molecule has 0 saturated heterocycles. The monoisotopic (exact) mass is 329 g/mol. The van der Waals surface area contributed by atoms with Crippen molar-refractivity contribution in [1.29, 1.82) is 0 Å². The Morgan fingerprint density at radius 1 is 1.17 bits per heavy atom. The van der Waals surface area contributed by atoms with E-state index < -0.39 is 0 Å². The zero-order valence-corrected chi connectivity index (χ0v) is 14.8. The van der Waals surface area contributed by atoms with E-state index in [1.165, 1.54) is 0 Å². The second kappa shape index (κ2) is 8.64. The maximum absolute atomic E-state index is 12.7. The average molecular weight is 329 g/mol. The minimum absolute atomic E-state index is 0.212. The molecule has 0 bridgehead atoms. The number of carbonyl (C=O) groups excluding carboxylic acids is 1. The van der Waals surface area contributed by atoms with Crippen LogP contribution in [0.25, 0.3) is 10.9 Å². The standard InChI is InChI=1S/C19H27N3O2/c1-4-12-22-17-10-8-7-9-15(17)14-16(19(22)24)18(23)20-11-13-21(5-2)6-3/h7-10,14H,4-6,11-13H2,1-3H3,(H,20,23). The molecule has 130 valence electrons. The van der Waals surface area contributed by atoms with Crippen molar-refractivity contribution in [3.05, 3.63) is 46.2 Å². The zero-order valence-electron chi connectivity index (χ0n) is 14.8. The van der Waals surface area contributed by atoms with Gasteiger partial charge in [-0.05, 0) is 37.0 Å². The third kappa shape index (κ3) is 4.03. The molecule has 0 aliphatic heterocycles. The highest BCUT2D eigenvalue weighted by atomic mass is 16.2. The molecule has 2 aromatic rings. The summed E-state index contributed by atoms with van der Waals surface area (Å²) in [5.74, 6) is -0.289. The van der Waals surface area contributed by atoms with E-state index in [1.54, 1.807) is 10.6 Å². The number of para-hydroxylation sites is 1. The molecule has 1 amide bonds. The number of hydrogen-bond acceptors (Lipinski definition) is 3. The van der Waals surface area contributed by atoms with Crippen LogP contribution in [0.5, 0.6) is 0 Å². The number of fused-ring (bicyclic) bond motifs is 1. The van der Waals surface area contributed by atoms with Gasteiger partial charge in [-0.25, -0.2) is 0 Å². The topological polar surface area (TPSA) is 54.3 Å². The fourth-order valence-corrected chi connectivity index (χ4v) is 2.90. The highest BCUT2D eigenvalue weighted by Gasteiger charge is 2.15. The number of aromatic nitrogens is 1. The molecular formula is C19H27N3O2. The Balaban J connectivity index is 2.26. The lowest BCUT2D eigenvalue weighted by Crippen LogP contribution is -2.38. The lowest BCUT2D eigenvalue weighted by molar-refractivity contribution is 0.0947. The predicted molar refractivity (Wildman–Crippen MR) is 98.6 cm³/mol. The maximum atomic E-state index is 12.7. The lowest BCUT2D eigenvalue weighted by Gasteiger charge is -2.18. The van der Waals surface area contributed by atoms with Gasteiger partial charge in [0.05, 0.1) is 5.52 Å². The number of likely N-dealkylation sites (N-methyl/N-ethyl adjacent to an activating group) is 1. The molecule has 0 atom stereocenters. The molecule has 0 aliphatic rings. The van der Waals surface area contributed by atoms with E-state index in [4.69, 9.17) is 0 Å². The summed E-state index contributed by atoms with van der Waals surface area (Å²) < 4.78 is 1.70. The smallest absolute Gasteiger partial charge is 0.263 e. The van der Waals surface area contributed by atoms with Crippen LogP contribution in [0.1, 0.15) is 37.6 Å². The molecule has 2 rings (SSSR count). The zero-order chi connectivity index (χ0) is 17.5. The van der Waals surface area contributed by atoms with Crippen molar-refractivity contribution in [2.75, 3.05) is 26.2 Å². The first-order valence-corrected chi connectivity index (χ1v) is 8.75. The van der Waals surface area contributed by atoms with Crippen LogP contribution < -0.4 is 10.9 Å². The van der Waals surface area contributed by atoms with Crippen LogP contribution in [0.3, 0.4) is 0 Å². The summed E-state index contributed by atoms with van der Waals surface area (Å²) >= 11 is 0. The summed E-state index contributed by atoms with van der Waals surface area (Å²) in [5, 5.41) is 3.80. The van der Waals surface area contributed by atoms with Gasteiger partial charge in [-0.2, -0.15) is 0 Å². The van der Waals surface area contributed by atoms with Crippen LogP contribution in [0.4, 0.5) is 0 Å². The summed E-state index contributed by atoms with van der Waals surface area (Å²) in [6, 6.07) is 9.40. The minimum Gasteiger partial charge on any atom is -0.351 e. The number of hydrogen-bond donors (Lipinski definition) is 1. The summed E-state index contributed by atoms with van der Waals surface area (Å²) in [6.07, 6.45) is 0.844. The number of rotatable bonds is 8. The highest BCUT2D eigenvalue weighted by Crippen LogP contribution is 2.13. The SMILES string of the molecule is CCCn1c(=O)c(C(=O)NCCN(CC)CC)cc2ccccc21. The molecule has 0 radical (unpaired) electrons. The van der Waals surface area contributed by atoms with Crippen LogP contribution in [0, 0.1) is 0 Å². The lowest BCUT2D eigenvalue weighted by atomic mass is 10.1. The van der Waals surface area contributed by atoms with E-state index >= 15 is 0 Å². The Morgan fingerprint density at radius 3 is 2.54 bits per heavy atom. The number of aryl methyl sites for hydroxylation is 1. The van der Waals surface area contributed by atoms with Gasteiger partial charge in [-0.15, -0.1) is 0 Å². The second-order valence-corrected chi connectivity index (χ2v) is 5.86. The van der Waals surface area contributed by atoms with Crippen molar-refractivity contribution in [2.24, 2.45) is 0 Å². The average Bonchev–Trinajstić information content (AvgIpc) is 2.60. The fourth-order valence-electron chi connectivity index (χ4n) is 2.90. The number of amides is 1. The van der Waals surface area contributed by atoms with E-state index in [-0.39, 0.29) is 17.0 Å². The Labute approximate surface area is 143 Å². The summed E-state index contributed by atoms with van der Waals surface area (Å²) in [6.45, 7) is 10.1. The molecule has 1 aromatic heterocycles.